The molecule has 6 heteroatoms. The van der Waals surface area contributed by atoms with Crippen LogP contribution in [0.3, 0.4) is 0 Å². The topological polar surface area (TPSA) is 46.2 Å². The van der Waals surface area contributed by atoms with E-state index < -0.39 is 0 Å². The predicted molar refractivity (Wildman–Crippen MR) is 122 cm³/mol. The van der Waals surface area contributed by atoms with E-state index in [9.17, 15) is 0 Å². The van der Waals surface area contributed by atoms with E-state index in [1.54, 1.807) is 7.11 Å². The van der Waals surface area contributed by atoms with Crippen molar-refractivity contribution in [3.63, 3.8) is 0 Å². The molecule has 0 aliphatic carbocycles. The molecular weight excluding hydrogens is 381 g/mol. The molecule has 4 nitrogen and oxygen atoms in total. The SMILES string of the molecule is COc1cc(NCCCCCCNCC(C)C)c2nccc(C)c2c1.Cl.Cl. The van der Waals surface area contributed by atoms with E-state index >= 15 is 0 Å². The van der Waals surface area contributed by atoms with E-state index in [2.05, 4.69) is 42.5 Å². The molecule has 154 valence electrons. The van der Waals surface area contributed by atoms with E-state index in [4.69, 9.17) is 4.74 Å². The first-order valence-electron chi connectivity index (χ1n) is 9.49. The average molecular weight is 416 g/mol. The van der Waals surface area contributed by atoms with Crippen molar-refractivity contribution in [1.82, 2.24) is 10.3 Å². The summed E-state index contributed by atoms with van der Waals surface area (Å²) in [4.78, 5) is 4.55. The van der Waals surface area contributed by atoms with Crippen LogP contribution in [0.2, 0.25) is 0 Å². The molecule has 0 aliphatic heterocycles. The number of nitrogens with one attached hydrogen (secondary N) is 2. The Hall–Kier alpha value is -1.23. The van der Waals surface area contributed by atoms with Gasteiger partial charge in [0.05, 0.1) is 18.3 Å². The van der Waals surface area contributed by atoms with E-state index in [-0.39, 0.29) is 24.8 Å². The van der Waals surface area contributed by atoms with Gasteiger partial charge in [-0.05, 0) is 56.5 Å². The molecule has 27 heavy (non-hydrogen) atoms. The highest BCUT2D eigenvalue weighted by Crippen LogP contribution is 2.29. The van der Waals surface area contributed by atoms with E-state index in [0.29, 0.717) is 0 Å². The van der Waals surface area contributed by atoms with Crippen LogP contribution in [0.25, 0.3) is 10.9 Å². The molecule has 0 unspecified atom stereocenters. The van der Waals surface area contributed by atoms with Crippen molar-refractivity contribution >= 4 is 41.4 Å². The zero-order chi connectivity index (χ0) is 18.1. The largest absolute Gasteiger partial charge is 0.497 e. The van der Waals surface area contributed by atoms with Crippen LogP contribution in [-0.2, 0) is 0 Å². The molecule has 0 amide bonds. The van der Waals surface area contributed by atoms with Gasteiger partial charge in [-0.15, -0.1) is 24.8 Å². The Balaban J connectivity index is 0.00000338. The first kappa shape index (κ1) is 25.8. The lowest BCUT2D eigenvalue weighted by atomic mass is 10.1. The van der Waals surface area contributed by atoms with Crippen molar-refractivity contribution in [2.75, 3.05) is 32.1 Å². The Morgan fingerprint density at radius 3 is 2.41 bits per heavy atom. The number of nitrogens with zero attached hydrogens (tertiary/aromatic N) is 1. The third-order valence-electron chi connectivity index (χ3n) is 4.42. The lowest BCUT2D eigenvalue weighted by Gasteiger charge is -2.12. The summed E-state index contributed by atoms with van der Waals surface area (Å²) >= 11 is 0. The molecule has 0 atom stereocenters. The number of fused-ring (bicyclic) bond motifs is 1. The summed E-state index contributed by atoms with van der Waals surface area (Å²) in [5.74, 6) is 1.61. The summed E-state index contributed by atoms with van der Waals surface area (Å²) in [6.45, 7) is 9.83. The maximum absolute atomic E-state index is 5.44. The molecule has 2 N–H and O–H groups in total. The molecule has 0 spiro atoms. The van der Waals surface area contributed by atoms with Gasteiger partial charge in [-0.25, -0.2) is 0 Å². The van der Waals surface area contributed by atoms with Crippen LogP contribution in [0.1, 0.15) is 45.1 Å². The number of hydrogen-bond donors (Lipinski definition) is 2. The van der Waals surface area contributed by atoms with Crippen molar-refractivity contribution in [2.45, 2.75) is 46.5 Å². The van der Waals surface area contributed by atoms with Gasteiger partial charge < -0.3 is 15.4 Å². The third kappa shape index (κ3) is 8.54. The number of methoxy groups -OCH3 is 1. The fraction of sp³-hybridized carbons (Fsp3) is 0.571. The lowest BCUT2D eigenvalue weighted by Crippen LogP contribution is -2.20. The molecule has 1 aromatic heterocycles. The number of aromatic nitrogens is 1. The maximum atomic E-state index is 5.44. The Labute approximate surface area is 176 Å². The highest BCUT2D eigenvalue weighted by Gasteiger charge is 2.07. The summed E-state index contributed by atoms with van der Waals surface area (Å²) in [5.41, 5.74) is 3.32. The van der Waals surface area contributed by atoms with Crippen LogP contribution in [0, 0.1) is 12.8 Å². The number of halogens is 2. The molecule has 0 aliphatic rings. The van der Waals surface area contributed by atoms with E-state index in [1.807, 2.05) is 18.3 Å². The Morgan fingerprint density at radius 1 is 1.04 bits per heavy atom. The Kier molecular flexibility index (Phi) is 13.2. The molecule has 2 rings (SSSR count). The molecule has 0 saturated carbocycles. The Bertz CT molecular complexity index is 665. The Morgan fingerprint density at radius 2 is 1.74 bits per heavy atom. The number of hydrogen-bond acceptors (Lipinski definition) is 4. The van der Waals surface area contributed by atoms with Gasteiger partial charge in [-0.1, -0.05) is 26.7 Å². The fourth-order valence-corrected chi connectivity index (χ4v) is 2.96. The zero-order valence-electron chi connectivity index (χ0n) is 17.0. The monoisotopic (exact) mass is 415 g/mol. The number of pyridine rings is 1. The minimum Gasteiger partial charge on any atom is -0.497 e. The number of benzene rings is 1. The van der Waals surface area contributed by atoms with Crippen LogP contribution in [0.4, 0.5) is 5.69 Å². The van der Waals surface area contributed by atoms with Gasteiger partial charge in [0.2, 0.25) is 0 Å². The second kappa shape index (κ2) is 13.9. The second-order valence-corrected chi connectivity index (χ2v) is 7.14. The standard InChI is InChI=1S/C21H33N3O.2ClH/c1-16(2)15-22-10-7-5-6-8-11-23-20-14-18(25-4)13-19-17(3)9-12-24-21(19)20;;/h9,12-14,16,22-23H,5-8,10-11,15H2,1-4H3;2*1H. The van der Waals surface area contributed by atoms with Crippen LogP contribution in [0.15, 0.2) is 24.4 Å². The van der Waals surface area contributed by atoms with Crippen LogP contribution < -0.4 is 15.4 Å². The van der Waals surface area contributed by atoms with Gasteiger partial charge >= 0.3 is 0 Å². The summed E-state index contributed by atoms with van der Waals surface area (Å²) in [5, 5.41) is 8.20. The first-order chi connectivity index (χ1) is 12.1. The maximum Gasteiger partial charge on any atom is 0.121 e. The highest BCUT2D eigenvalue weighted by atomic mass is 35.5. The molecule has 0 saturated heterocycles. The van der Waals surface area contributed by atoms with Gasteiger partial charge in [-0.3, -0.25) is 4.98 Å². The minimum atomic E-state index is 0. The van der Waals surface area contributed by atoms with Gasteiger partial charge in [-0.2, -0.15) is 0 Å². The number of anilines is 1. The number of rotatable bonds is 11. The zero-order valence-corrected chi connectivity index (χ0v) is 18.6. The summed E-state index contributed by atoms with van der Waals surface area (Å²) < 4.78 is 5.44. The summed E-state index contributed by atoms with van der Waals surface area (Å²) in [7, 11) is 1.71. The van der Waals surface area contributed by atoms with E-state index in [1.165, 1.54) is 31.2 Å². The highest BCUT2D eigenvalue weighted by molar-refractivity contribution is 5.93. The van der Waals surface area contributed by atoms with Crippen molar-refractivity contribution in [3.8, 4) is 5.75 Å². The summed E-state index contributed by atoms with van der Waals surface area (Å²) in [6.07, 6.45) is 6.84. The third-order valence-corrected chi connectivity index (χ3v) is 4.42. The molecular formula is C21H35Cl2N3O. The number of aryl methyl sites for hydroxylation is 1. The van der Waals surface area contributed by atoms with Gasteiger partial charge in [0.1, 0.15) is 5.75 Å². The van der Waals surface area contributed by atoms with Crippen molar-refractivity contribution in [1.29, 1.82) is 0 Å². The molecule has 0 fully saturated rings. The van der Waals surface area contributed by atoms with Crippen molar-refractivity contribution in [2.24, 2.45) is 5.92 Å². The van der Waals surface area contributed by atoms with Gasteiger partial charge in [0.15, 0.2) is 0 Å². The quantitative estimate of drug-likeness (QED) is 0.467. The lowest BCUT2D eigenvalue weighted by molar-refractivity contribution is 0.415. The molecule has 0 radical (unpaired) electrons. The second-order valence-electron chi connectivity index (χ2n) is 7.14. The number of unbranched alkanes of at least 4 members (excludes halogenated alkanes) is 3. The normalized spacial score (nSPS) is 10.4. The predicted octanol–water partition coefficient (Wildman–Crippen LogP) is 5.61. The molecule has 1 heterocycles. The van der Waals surface area contributed by atoms with E-state index in [0.717, 1.165) is 47.9 Å². The fourth-order valence-electron chi connectivity index (χ4n) is 2.96. The van der Waals surface area contributed by atoms with Gasteiger partial charge in [0.25, 0.3) is 0 Å². The van der Waals surface area contributed by atoms with Crippen molar-refractivity contribution in [3.05, 3.63) is 30.0 Å². The molecule has 1 aromatic carbocycles. The number of ether oxygens (including phenoxy) is 1. The van der Waals surface area contributed by atoms with Gasteiger partial charge in [0, 0.05) is 24.2 Å². The average Bonchev–Trinajstić information content (AvgIpc) is 2.60. The first-order valence-corrected chi connectivity index (χ1v) is 9.49. The van der Waals surface area contributed by atoms with Crippen LogP contribution in [0.5, 0.6) is 5.75 Å². The summed E-state index contributed by atoms with van der Waals surface area (Å²) in [6, 6.07) is 6.15. The molecule has 0 bridgehead atoms. The molecule has 2 aromatic rings. The van der Waals surface area contributed by atoms with Crippen LogP contribution >= 0.6 is 24.8 Å². The van der Waals surface area contributed by atoms with Crippen molar-refractivity contribution < 1.29 is 4.74 Å². The van der Waals surface area contributed by atoms with Crippen LogP contribution in [-0.4, -0.2) is 31.7 Å². The minimum absolute atomic E-state index is 0. The smallest absolute Gasteiger partial charge is 0.121 e.